The van der Waals surface area contributed by atoms with E-state index in [0.29, 0.717) is 40.2 Å². The summed E-state index contributed by atoms with van der Waals surface area (Å²) in [5, 5.41) is 4.64. The monoisotopic (exact) mass is 590 g/mol. The van der Waals surface area contributed by atoms with Gasteiger partial charge in [0, 0.05) is 57.9 Å². The number of rotatable bonds is 6. The number of halogens is 1. The average molecular weight is 591 g/mol. The Kier molecular flexibility index (Phi) is 7.45. The Morgan fingerprint density at radius 2 is 1.79 bits per heavy atom. The SMILES string of the molecule is CCn1c(=O)c(-c2ccc(-c3ccnc(C)c3)cc2Cl)cc2cnc(Nc3ccc(C4CCN5CCCC5C4)cc3)nc21. The molecule has 43 heavy (non-hydrogen) atoms. The molecule has 2 aliphatic rings. The molecule has 3 aromatic heterocycles. The average Bonchev–Trinajstić information content (AvgIpc) is 3.50. The molecule has 1 N–H and O–H groups in total. The summed E-state index contributed by atoms with van der Waals surface area (Å²) in [5.41, 5.74) is 6.95. The first-order valence-electron chi connectivity index (χ1n) is 15.2. The molecule has 0 amide bonds. The molecule has 0 radical (unpaired) electrons. The Labute approximate surface area is 256 Å². The molecule has 5 heterocycles. The van der Waals surface area contributed by atoms with Gasteiger partial charge in [0.05, 0.1) is 0 Å². The van der Waals surface area contributed by atoms with E-state index in [1.807, 2.05) is 50.2 Å². The van der Waals surface area contributed by atoms with Crippen molar-refractivity contribution >= 4 is 34.3 Å². The van der Waals surface area contributed by atoms with Crippen molar-refractivity contribution in [3.05, 3.63) is 99.7 Å². The maximum absolute atomic E-state index is 13.7. The Balaban J connectivity index is 1.14. The number of pyridine rings is 2. The zero-order valence-corrected chi connectivity index (χ0v) is 25.3. The van der Waals surface area contributed by atoms with Gasteiger partial charge in [0.1, 0.15) is 5.65 Å². The predicted molar refractivity (Wildman–Crippen MR) is 174 cm³/mol. The zero-order chi connectivity index (χ0) is 29.5. The number of hydrogen-bond acceptors (Lipinski definition) is 6. The second-order valence-electron chi connectivity index (χ2n) is 11.8. The van der Waals surface area contributed by atoms with E-state index in [1.165, 1.54) is 44.3 Å². The molecule has 0 aliphatic carbocycles. The van der Waals surface area contributed by atoms with Gasteiger partial charge in [0.25, 0.3) is 5.56 Å². The smallest absolute Gasteiger partial charge is 0.260 e. The van der Waals surface area contributed by atoms with Crippen molar-refractivity contribution in [3.8, 4) is 22.3 Å². The first-order chi connectivity index (χ1) is 21.0. The highest BCUT2D eigenvalue weighted by atomic mass is 35.5. The number of nitrogens with one attached hydrogen (secondary N) is 1. The fourth-order valence-electron chi connectivity index (χ4n) is 6.84. The van der Waals surface area contributed by atoms with Crippen LogP contribution in [0.3, 0.4) is 0 Å². The number of anilines is 2. The molecular formula is C35H35ClN6O. The summed E-state index contributed by atoms with van der Waals surface area (Å²) in [6.07, 6.45) is 8.72. The fourth-order valence-corrected chi connectivity index (χ4v) is 7.12. The summed E-state index contributed by atoms with van der Waals surface area (Å²) in [5.74, 6) is 1.09. The lowest BCUT2D eigenvalue weighted by Crippen LogP contribution is -2.37. The van der Waals surface area contributed by atoms with Crippen molar-refractivity contribution in [1.82, 2.24) is 24.4 Å². The maximum Gasteiger partial charge on any atom is 0.260 e. The van der Waals surface area contributed by atoms with Gasteiger partial charge >= 0.3 is 0 Å². The van der Waals surface area contributed by atoms with Crippen molar-refractivity contribution in [1.29, 1.82) is 0 Å². The van der Waals surface area contributed by atoms with Crippen LogP contribution < -0.4 is 10.9 Å². The first-order valence-corrected chi connectivity index (χ1v) is 15.6. The highest BCUT2D eigenvalue weighted by molar-refractivity contribution is 6.33. The molecule has 0 bridgehead atoms. The van der Waals surface area contributed by atoms with E-state index in [0.717, 1.165) is 33.9 Å². The normalized spacial score (nSPS) is 18.6. The van der Waals surface area contributed by atoms with Crippen LogP contribution in [-0.2, 0) is 6.54 Å². The van der Waals surface area contributed by atoms with Crippen LogP contribution >= 0.6 is 11.6 Å². The van der Waals surface area contributed by atoms with Gasteiger partial charge in [-0.25, -0.2) is 4.98 Å². The van der Waals surface area contributed by atoms with Gasteiger partial charge < -0.3 is 10.2 Å². The number of aromatic nitrogens is 4. The molecule has 0 spiro atoms. The lowest BCUT2D eigenvalue weighted by molar-refractivity contribution is 0.181. The van der Waals surface area contributed by atoms with Gasteiger partial charge in [-0.2, -0.15) is 4.98 Å². The molecule has 8 heteroatoms. The first kappa shape index (κ1) is 27.7. The van der Waals surface area contributed by atoms with Crippen LogP contribution in [0.2, 0.25) is 5.02 Å². The standard InChI is InChI=1S/C35H35ClN6O/c1-3-42-33-27(19-31(34(42)43)30-11-8-24(20-32(30)36)25-12-14-37-22(2)17-25)21-38-35(40-33)39-28-9-6-23(7-10-28)26-13-16-41-15-4-5-29(41)18-26/h6-12,14,17,19-21,26,29H,3-5,13,15-16,18H2,1-2H3,(H,38,39,40). The topological polar surface area (TPSA) is 75.9 Å². The number of hydrogen-bond donors (Lipinski definition) is 1. The van der Waals surface area contributed by atoms with Crippen molar-refractivity contribution in [2.24, 2.45) is 0 Å². The number of nitrogens with zero attached hydrogens (tertiary/aromatic N) is 5. The van der Waals surface area contributed by atoms with Gasteiger partial charge in [0.15, 0.2) is 0 Å². The maximum atomic E-state index is 13.7. The molecule has 5 aromatic rings. The van der Waals surface area contributed by atoms with E-state index < -0.39 is 0 Å². The Bertz CT molecular complexity index is 1870. The van der Waals surface area contributed by atoms with Gasteiger partial charge in [0.2, 0.25) is 5.95 Å². The molecule has 2 saturated heterocycles. The van der Waals surface area contributed by atoms with Crippen LogP contribution in [0.1, 0.15) is 49.8 Å². The molecule has 2 unspecified atom stereocenters. The lowest BCUT2D eigenvalue weighted by Gasteiger charge is -2.35. The largest absolute Gasteiger partial charge is 0.324 e. The molecule has 2 atom stereocenters. The van der Waals surface area contributed by atoms with E-state index in [2.05, 4.69) is 44.5 Å². The summed E-state index contributed by atoms with van der Waals surface area (Å²) in [6, 6.07) is 21.1. The van der Waals surface area contributed by atoms with Gasteiger partial charge in [-0.3, -0.25) is 14.3 Å². The molecular weight excluding hydrogens is 556 g/mol. The van der Waals surface area contributed by atoms with E-state index in [-0.39, 0.29) is 5.56 Å². The third kappa shape index (κ3) is 5.43. The Morgan fingerprint density at radius 1 is 0.953 bits per heavy atom. The van der Waals surface area contributed by atoms with Crippen LogP contribution in [0, 0.1) is 6.92 Å². The molecule has 2 aromatic carbocycles. The van der Waals surface area contributed by atoms with Crippen molar-refractivity contribution in [3.63, 3.8) is 0 Å². The van der Waals surface area contributed by atoms with Crippen LogP contribution in [0.5, 0.6) is 0 Å². The molecule has 2 aliphatic heterocycles. The lowest BCUT2D eigenvalue weighted by atomic mass is 9.85. The predicted octanol–water partition coefficient (Wildman–Crippen LogP) is 7.59. The van der Waals surface area contributed by atoms with Crippen LogP contribution in [0.15, 0.2) is 77.9 Å². The molecule has 2 fully saturated rings. The summed E-state index contributed by atoms with van der Waals surface area (Å²) in [6.45, 7) is 6.86. The Morgan fingerprint density at radius 3 is 2.58 bits per heavy atom. The minimum Gasteiger partial charge on any atom is -0.324 e. The Hall–Kier alpha value is -4.07. The summed E-state index contributed by atoms with van der Waals surface area (Å²) < 4.78 is 1.69. The molecule has 7 nitrogen and oxygen atoms in total. The number of fused-ring (bicyclic) bond motifs is 2. The van der Waals surface area contributed by atoms with Crippen molar-refractivity contribution in [2.45, 2.75) is 58.0 Å². The van der Waals surface area contributed by atoms with Crippen molar-refractivity contribution in [2.75, 3.05) is 18.4 Å². The minimum atomic E-state index is -0.133. The summed E-state index contributed by atoms with van der Waals surface area (Å²) in [7, 11) is 0. The summed E-state index contributed by atoms with van der Waals surface area (Å²) >= 11 is 6.76. The summed E-state index contributed by atoms with van der Waals surface area (Å²) in [4.78, 5) is 30.0. The van der Waals surface area contributed by atoms with E-state index in [4.69, 9.17) is 16.6 Å². The third-order valence-corrected chi connectivity index (χ3v) is 9.40. The number of aryl methyl sites for hydroxylation is 2. The van der Waals surface area contributed by atoms with E-state index >= 15 is 0 Å². The number of benzene rings is 2. The fraction of sp³-hybridized carbons (Fsp3) is 0.314. The molecule has 7 rings (SSSR count). The van der Waals surface area contributed by atoms with Gasteiger partial charge in [-0.15, -0.1) is 0 Å². The van der Waals surface area contributed by atoms with E-state index in [1.54, 1.807) is 17.0 Å². The van der Waals surface area contributed by atoms with Gasteiger partial charge in [-0.1, -0.05) is 35.9 Å². The van der Waals surface area contributed by atoms with Crippen LogP contribution in [0.4, 0.5) is 11.6 Å². The second-order valence-corrected chi connectivity index (χ2v) is 12.2. The number of piperidine rings is 1. The molecule has 218 valence electrons. The highest BCUT2D eigenvalue weighted by Gasteiger charge is 2.32. The highest BCUT2D eigenvalue weighted by Crippen LogP contribution is 2.37. The quantitative estimate of drug-likeness (QED) is 0.220. The van der Waals surface area contributed by atoms with Crippen LogP contribution in [-0.4, -0.2) is 43.6 Å². The minimum absolute atomic E-state index is 0.133. The van der Waals surface area contributed by atoms with Gasteiger partial charge in [-0.05, 0) is 112 Å². The third-order valence-electron chi connectivity index (χ3n) is 9.09. The van der Waals surface area contributed by atoms with Crippen LogP contribution in [0.25, 0.3) is 33.3 Å². The second kappa shape index (κ2) is 11.5. The van der Waals surface area contributed by atoms with E-state index in [9.17, 15) is 4.79 Å². The zero-order valence-electron chi connectivity index (χ0n) is 24.6. The van der Waals surface area contributed by atoms with Crippen molar-refractivity contribution < 1.29 is 0 Å². The molecule has 0 saturated carbocycles.